The summed E-state index contributed by atoms with van der Waals surface area (Å²) in [6.45, 7) is 4.07. The van der Waals surface area contributed by atoms with Crippen LogP contribution in [0.5, 0.6) is 0 Å². The predicted molar refractivity (Wildman–Crippen MR) is 114 cm³/mol. The Morgan fingerprint density at radius 1 is 1.25 bits per heavy atom. The maximum absolute atomic E-state index is 13.2. The van der Waals surface area contributed by atoms with Gasteiger partial charge < -0.3 is 14.8 Å². The SMILES string of the molecule is CC(C)(C)OC(=O)NCCN(CC(=O)OCCC1CC1)S(=O)(=O)c1ccccc1[N+](=O)[O-]. The Kier molecular flexibility index (Phi) is 8.56. The van der Waals surface area contributed by atoms with Crippen molar-refractivity contribution in [1.82, 2.24) is 9.62 Å². The molecule has 1 aromatic rings. The number of nitro groups is 1. The number of carbonyl (C=O) groups is 2. The van der Waals surface area contributed by atoms with E-state index in [1.165, 1.54) is 12.1 Å². The molecule has 1 N–H and O–H groups in total. The largest absolute Gasteiger partial charge is 0.465 e. The smallest absolute Gasteiger partial charge is 0.407 e. The maximum Gasteiger partial charge on any atom is 0.407 e. The molecule has 1 fully saturated rings. The van der Waals surface area contributed by atoms with Gasteiger partial charge in [0, 0.05) is 19.2 Å². The van der Waals surface area contributed by atoms with Crippen LogP contribution in [-0.4, -0.2) is 61.6 Å². The lowest BCUT2D eigenvalue weighted by atomic mass is 10.2. The zero-order chi connectivity index (χ0) is 23.9. The third kappa shape index (κ3) is 8.08. The highest BCUT2D eigenvalue weighted by atomic mass is 32.2. The lowest BCUT2D eigenvalue weighted by Crippen LogP contribution is -2.43. The molecule has 0 radical (unpaired) electrons. The number of sulfonamides is 1. The number of ether oxygens (including phenoxy) is 2. The number of para-hydroxylation sites is 1. The quantitative estimate of drug-likeness (QED) is 0.294. The Balaban J connectivity index is 2.13. The van der Waals surface area contributed by atoms with Gasteiger partial charge in [-0.2, -0.15) is 4.31 Å². The van der Waals surface area contributed by atoms with Crippen LogP contribution in [0.3, 0.4) is 0 Å². The summed E-state index contributed by atoms with van der Waals surface area (Å²) in [5.74, 6) is -0.238. The van der Waals surface area contributed by atoms with E-state index in [0.717, 1.165) is 29.3 Å². The van der Waals surface area contributed by atoms with Crippen molar-refractivity contribution in [3.63, 3.8) is 0 Å². The topological polar surface area (TPSA) is 145 Å². The highest BCUT2D eigenvalue weighted by molar-refractivity contribution is 7.89. The van der Waals surface area contributed by atoms with Crippen molar-refractivity contribution in [2.24, 2.45) is 5.92 Å². The summed E-state index contributed by atoms with van der Waals surface area (Å²) in [6.07, 6.45) is 2.13. The number of rotatable bonds is 11. The van der Waals surface area contributed by atoms with Gasteiger partial charge in [0.05, 0.1) is 11.5 Å². The number of nitro benzene ring substituents is 1. The van der Waals surface area contributed by atoms with Gasteiger partial charge >= 0.3 is 12.1 Å². The average molecular weight is 472 g/mol. The second-order valence-electron chi connectivity index (χ2n) is 8.44. The fourth-order valence-electron chi connectivity index (χ4n) is 2.78. The highest BCUT2D eigenvalue weighted by Gasteiger charge is 2.33. The van der Waals surface area contributed by atoms with E-state index in [-0.39, 0.29) is 19.7 Å². The van der Waals surface area contributed by atoms with Crippen LogP contribution >= 0.6 is 0 Å². The van der Waals surface area contributed by atoms with Gasteiger partial charge in [0.1, 0.15) is 12.1 Å². The molecular formula is C20H29N3O8S. The Morgan fingerprint density at radius 2 is 1.91 bits per heavy atom. The second kappa shape index (κ2) is 10.7. The zero-order valence-corrected chi connectivity index (χ0v) is 19.2. The molecule has 0 atom stereocenters. The van der Waals surface area contributed by atoms with Gasteiger partial charge in [0.15, 0.2) is 4.90 Å². The third-order valence-corrected chi connectivity index (χ3v) is 6.39. The van der Waals surface area contributed by atoms with Crippen LogP contribution in [0.15, 0.2) is 29.2 Å². The summed E-state index contributed by atoms with van der Waals surface area (Å²) in [5, 5.41) is 13.7. The van der Waals surface area contributed by atoms with Gasteiger partial charge in [-0.3, -0.25) is 14.9 Å². The summed E-state index contributed by atoms with van der Waals surface area (Å²) in [5.41, 5.74) is -1.36. The van der Waals surface area contributed by atoms with E-state index < -0.39 is 49.7 Å². The average Bonchev–Trinajstić information content (AvgIpc) is 3.50. The Bertz CT molecular complexity index is 938. The number of benzene rings is 1. The molecule has 32 heavy (non-hydrogen) atoms. The monoisotopic (exact) mass is 471 g/mol. The number of hydrogen-bond donors (Lipinski definition) is 1. The molecule has 2 rings (SSSR count). The number of esters is 1. The van der Waals surface area contributed by atoms with Gasteiger partial charge in [-0.1, -0.05) is 25.0 Å². The van der Waals surface area contributed by atoms with Gasteiger partial charge in [-0.15, -0.1) is 0 Å². The third-order valence-electron chi connectivity index (χ3n) is 4.50. The summed E-state index contributed by atoms with van der Waals surface area (Å²) in [6, 6.07) is 4.86. The first-order chi connectivity index (χ1) is 14.9. The molecule has 1 amide bonds. The predicted octanol–water partition coefficient (Wildman–Crippen LogP) is 2.45. The fourth-order valence-corrected chi connectivity index (χ4v) is 4.32. The lowest BCUT2D eigenvalue weighted by molar-refractivity contribution is -0.387. The summed E-state index contributed by atoms with van der Waals surface area (Å²) in [7, 11) is -4.44. The number of amides is 1. The van der Waals surface area contributed by atoms with Crippen molar-refractivity contribution >= 4 is 27.8 Å². The Labute approximate surface area is 187 Å². The van der Waals surface area contributed by atoms with E-state index in [1.807, 2.05) is 0 Å². The number of hydrogen-bond acceptors (Lipinski definition) is 8. The number of nitrogens with zero attached hydrogens (tertiary/aromatic N) is 2. The zero-order valence-electron chi connectivity index (χ0n) is 18.4. The van der Waals surface area contributed by atoms with Gasteiger partial charge in [-0.25, -0.2) is 13.2 Å². The van der Waals surface area contributed by atoms with Crippen molar-refractivity contribution in [3.05, 3.63) is 34.4 Å². The minimum absolute atomic E-state index is 0.176. The van der Waals surface area contributed by atoms with Crippen LogP contribution in [0, 0.1) is 16.0 Å². The molecule has 1 aliphatic rings. The maximum atomic E-state index is 13.2. The Morgan fingerprint density at radius 3 is 2.50 bits per heavy atom. The van der Waals surface area contributed by atoms with Crippen LogP contribution in [0.1, 0.15) is 40.0 Å². The van der Waals surface area contributed by atoms with Crippen molar-refractivity contribution in [2.75, 3.05) is 26.2 Å². The lowest BCUT2D eigenvalue weighted by Gasteiger charge is -2.23. The van der Waals surface area contributed by atoms with Crippen molar-refractivity contribution in [1.29, 1.82) is 0 Å². The van der Waals surface area contributed by atoms with E-state index >= 15 is 0 Å². The van der Waals surface area contributed by atoms with E-state index in [2.05, 4.69) is 5.32 Å². The van der Waals surface area contributed by atoms with E-state index in [0.29, 0.717) is 12.3 Å². The van der Waals surface area contributed by atoms with Gasteiger partial charge in [-0.05, 0) is 39.2 Å². The molecule has 12 heteroatoms. The van der Waals surface area contributed by atoms with Crippen molar-refractivity contribution in [3.8, 4) is 0 Å². The van der Waals surface area contributed by atoms with Crippen molar-refractivity contribution in [2.45, 2.75) is 50.5 Å². The molecule has 11 nitrogen and oxygen atoms in total. The fraction of sp³-hybridized carbons (Fsp3) is 0.600. The minimum atomic E-state index is -4.44. The summed E-state index contributed by atoms with van der Waals surface area (Å²) in [4.78, 5) is 34.1. The molecule has 1 aliphatic carbocycles. The molecule has 178 valence electrons. The molecule has 0 aliphatic heterocycles. The van der Waals surface area contributed by atoms with Gasteiger partial charge in [0.2, 0.25) is 0 Å². The molecule has 0 unspecified atom stereocenters. The molecular weight excluding hydrogens is 442 g/mol. The van der Waals surface area contributed by atoms with E-state index in [9.17, 15) is 28.1 Å². The van der Waals surface area contributed by atoms with Crippen LogP contribution in [0.25, 0.3) is 0 Å². The first kappa shape index (κ1) is 25.5. The molecule has 0 saturated heterocycles. The number of alkyl carbamates (subject to hydrolysis) is 1. The molecule has 0 spiro atoms. The van der Waals surface area contributed by atoms with Crippen LogP contribution in [0.2, 0.25) is 0 Å². The van der Waals surface area contributed by atoms with E-state index in [4.69, 9.17) is 9.47 Å². The van der Waals surface area contributed by atoms with Crippen molar-refractivity contribution < 1.29 is 32.4 Å². The Hall–Kier alpha value is -2.73. The molecule has 1 aromatic carbocycles. The molecule has 0 bridgehead atoms. The number of carbonyl (C=O) groups excluding carboxylic acids is 2. The van der Waals surface area contributed by atoms with E-state index in [1.54, 1.807) is 20.8 Å². The minimum Gasteiger partial charge on any atom is -0.465 e. The number of nitrogens with one attached hydrogen (secondary N) is 1. The van der Waals surface area contributed by atoms with Gasteiger partial charge in [0.25, 0.3) is 15.7 Å². The molecule has 1 saturated carbocycles. The van der Waals surface area contributed by atoms with Crippen LogP contribution in [-0.2, 0) is 24.3 Å². The highest BCUT2D eigenvalue weighted by Crippen LogP contribution is 2.32. The first-order valence-electron chi connectivity index (χ1n) is 10.3. The summed E-state index contributed by atoms with van der Waals surface area (Å²) < 4.78 is 37.3. The molecule has 0 aromatic heterocycles. The normalized spacial score (nSPS) is 14.1. The standard InChI is InChI=1S/C20H29N3O8S/c1-20(2,3)31-19(25)21-11-12-22(14-18(24)30-13-10-15-8-9-15)32(28,29)17-7-5-4-6-16(17)23(26)27/h4-7,15H,8-14H2,1-3H3,(H,21,25). The summed E-state index contributed by atoms with van der Waals surface area (Å²) >= 11 is 0. The molecule has 0 heterocycles. The van der Waals surface area contributed by atoms with Crippen LogP contribution in [0.4, 0.5) is 10.5 Å². The first-order valence-corrected chi connectivity index (χ1v) is 11.7. The second-order valence-corrected chi connectivity index (χ2v) is 10.4. The van der Waals surface area contributed by atoms with Crippen LogP contribution < -0.4 is 5.32 Å².